The number of nitrogens with one attached hydrogen (secondary N) is 1. The Labute approximate surface area is 106 Å². The van der Waals surface area contributed by atoms with Crippen LogP contribution in [0.4, 0.5) is 5.82 Å². The molecule has 1 heterocycles. The maximum Gasteiger partial charge on any atom is 0.256 e. The number of carbonyl (C=O) groups excluding carboxylic acids is 1. The zero-order valence-corrected chi connectivity index (χ0v) is 10.2. The lowest BCUT2D eigenvalue weighted by molar-refractivity contribution is 0.102. The highest BCUT2D eigenvalue weighted by atomic mass is 16.1. The molecule has 0 atom stereocenters. The van der Waals surface area contributed by atoms with Crippen molar-refractivity contribution in [3.63, 3.8) is 0 Å². The minimum Gasteiger partial charge on any atom is -0.326 e. The van der Waals surface area contributed by atoms with Gasteiger partial charge < -0.3 is 11.1 Å². The van der Waals surface area contributed by atoms with E-state index in [1.165, 1.54) is 0 Å². The second-order valence-corrected chi connectivity index (χ2v) is 4.02. The third-order valence-electron chi connectivity index (χ3n) is 2.58. The van der Waals surface area contributed by atoms with Crippen LogP contribution in [0.1, 0.15) is 21.6 Å². The number of anilines is 1. The Kier molecular flexibility index (Phi) is 3.69. The summed E-state index contributed by atoms with van der Waals surface area (Å²) in [6.07, 6.45) is 0. The minimum atomic E-state index is -0.170. The fourth-order valence-corrected chi connectivity index (χ4v) is 1.59. The maximum atomic E-state index is 11.9. The molecule has 0 saturated heterocycles. The van der Waals surface area contributed by atoms with Crippen molar-refractivity contribution >= 4 is 11.7 Å². The highest BCUT2D eigenvalue weighted by Crippen LogP contribution is 2.08. The van der Waals surface area contributed by atoms with Gasteiger partial charge in [-0.15, -0.1) is 0 Å². The van der Waals surface area contributed by atoms with Gasteiger partial charge in [-0.05, 0) is 36.8 Å². The lowest BCUT2D eigenvalue weighted by Crippen LogP contribution is -2.13. The van der Waals surface area contributed by atoms with Gasteiger partial charge in [0, 0.05) is 17.8 Å². The summed E-state index contributed by atoms with van der Waals surface area (Å²) in [5.74, 6) is 0.388. The fourth-order valence-electron chi connectivity index (χ4n) is 1.59. The van der Waals surface area contributed by atoms with Crippen LogP contribution in [0, 0.1) is 6.92 Å². The molecule has 1 aromatic heterocycles. The number of rotatable bonds is 3. The predicted octanol–water partition coefficient (Wildman–Crippen LogP) is 2.10. The Balaban J connectivity index is 2.11. The molecule has 4 heteroatoms. The molecule has 92 valence electrons. The molecule has 4 nitrogen and oxygen atoms in total. The molecule has 0 unspecified atom stereocenters. The van der Waals surface area contributed by atoms with Crippen molar-refractivity contribution < 1.29 is 4.79 Å². The van der Waals surface area contributed by atoms with Crippen molar-refractivity contribution in [3.8, 4) is 0 Å². The van der Waals surface area contributed by atoms with Crippen LogP contribution in [-0.2, 0) is 6.54 Å². The quantitative estimate of drug-likeness (QED) is 0.864. The van der Waals surface area contributed by atoms with E-state index in [0.29, 0.717) is 17.9 Å². The Morgan fingerprint density at radius 2 is 1.94 bits per heavy atom. The van der Waals surface area contributed by atoms with Crippen molar-refractivity contribution in [3.05, 3.63) is 59.3 Å². The number of hydrogen-bond acceptors (Lipinski definition) is 3. The van der Waals surface area contributed by atoms with E-state index >= 15 is 0 Å². The van der Waals surface area contributed by atoms with Crippen molar-refractivity contribution in [2.24, 2.45) is 5.73 Å². The van der Waals surface area contributed by atoms with Gasteiger partial charge in [0.15, 0.2) is 0 Å². The first-order valence-corrected chi connectivity index (χ1v) is 5.73. The van der Waals surface area contributed by atoms with Crippen LogP contribution in [0.5, 0.6) is 0 Å². The SMILES string of the molecule is Cc1cccc(NC(=O)c2ccc(CN)cc2)n1. The molecular weight excluding hydrogens is 226 g/mol. The Morgan fingerprint density at radius 1 is 1.22 bits per heavy atom. The van der Waals surface area contributed by atoms with Crippen LogP contribution >= 0.6 is 0 Å². The molecule has 0 aliphatic heterocycles. The van der Waals surface area contributed by atoms with E-state index in [9.17, 15) is 4.79 Å². The molecule has 0 aliphatic rings. The van der Waals surface area contributed by atoms with Crippen molar-refractivity contribution in [2.75, 3.05) is 5.32 Å². The van der Waals surface area contributed by atoms with Crippen LogP contribution in [0.25, 0.3) is 0 Å². The first-order valence-electron chi connectivity index (χ1n) is 5.73. The van der Waals surface area contributed by atoms with Gasteiger partial charge in [0.1, 0.15) is 5.82 Å². The molecule has 0 spiro atoms. The van der Waals surface area contributed by atoms with Crippen LogP contribution in [0.2, 0.25) is 0 Å². The molecule has 2 rings (SSSR count). The Morgan fingerprint density at radius 3 is 2.56 bits per heavy atom. The molecule has 1 aromatic carbocycles. The molecular formula is C14H15N3O. The van der Waals surface area contributed by atoms with Crippen LogP contribution < -0.4 is 11.1 Å². The Hall–Kier alpha value is -2.20. The maximum absolute atomic E-state index is 11.9. The number of hydrogen-bond donors (Lipinski definition) is 2. The molecule has 0 aliphatic carbocycles. The van der Waals surface area contributed by atoms with Gasteiger partial charge in [0.25, 0.3) is 5.91 Å². The summed E-state index contributed by atoms with van der Waals surface area (Å²) in [7, 11) is 0. The first kappa shape index (κ1) is 12.3. The van der Waals surface area contributed by atoms with Gasteiger partial charge in [-0.25, -0.2) is 4.98 Å². The zero-order chi connectivity index (χ0) is 13.0. The molecule has 2 aromatic rings. The third-order valence-corrected chi connectivity index (χ3v) is 2.58. The summed E-state index contributed by atoms with van der Waals surface area (Å²) >= 11 is 0. The van der Waals surface area contributed by atoms with Crippen LogP contribution in [-0.4, -0.2) is 10.9 Å². The van der Waals surface area contributed by atoms with Gasteiger partial charge in [-0.3, -0.25) is 4.79 Å². The highest BCUT2D eigenvalue weighted by molar-refractivity contribution is 6.03. The summed E-state index contributed by atoms with van der Waals surface area (Å²) in [5.41, 5.74) is 7.97. The van der Waals surface area contributed by atoms with Crippen molar-refractivity contribution in [1.29, 1.82) is 0 Å². The molecule has 0 bridgehead atoms. The monoisotopic (exact) mass is 241 g/mol. The number of carbonyl (C=O) groups is 1. The summed E-state index contributed by atoms with van der Waals surface area (Å²) < 4.78 is 0. The number of amides is 1. The lowest BCUT2D eigenvalue weighted by Gasteiger charge is -2.05. The smallest absolute Gasteiger partial charge is 0.256 e. The second kappa shape index (κ2) is 5.42. The number of aryl methyl sites for hydroxylation is 1. The van der Waals surface area contributed by atoms with Crippen LogP contribution in [0.3, 0.4) is 0 Å². The fraction of sp³-hybridized carbons (Fsp3) is 0.143. The molecule has 0 radical (unpaired) electrons. The van der Waals surface area contributed by atoms with Gasteiger partial charge >= 0.3 is 0 Å². The third kappa shape index (κ3) is 2.93. The number of aromatic nitrogens is 1. The molecule has 18 heavy (non-hydrogen) atoms. The molecule has 0 fully saturated rings. The average molecular weight is 241 g/mol. The summed E-state index contributed by atoms with van der Waals surface area (Å²) in [4.78, 5) is 16.2. The zero-order valence-electron chi connectivity index (χ0n) is 10.2. The van der Waals surface area contributed by atoms with E-state index in [1.54, 1.807) is 18.2 Å². The van der Waals surface area contributed by atoms with E-state index < -0.39 is 0 Å². The van der Waals surface area contributed by atoms with Gasteiger partial charge in [0.05, 0.1) is 0 Å². The summed E-state index contributed by atoms with van der Waals surface area (Å²) in [6.45, 7) is 2.35. The number of nitrogens with two attached hydrogens (primary N) is 1. The summed E-state index contributed by atoms with van der Waals surface area (Å²) in [6, 6.07) is 12.7. The lowest BCUT2D eigenvalue weighted by atomic mass is 10.1. The standard InChI is InChI=1S/C14H15N3O/c1-10-3-2-4-13(16-10)17-14(18)12-7-5-11(9-15)6-8-12/h2-8H,9,15H2,1H3,(H,16,17,18). The predicted molar refractivity (Wildman–Crippen MR) is 71.3 cm³/mol. The highest BCUT2D eigenvalue weighted by Gasteiger charge is 2.06. The minimum absolute atomic E-state index is 0.170. The van der Waals surface area contributed by atoms with Crippen molar-refractivity contribution in [1.82, 2.24) is 4.98 Å². The Bertz CT molecular complexity index is 549. The molecule has 0 saturated carbocycles. The van der Waals surface area contributed by atoms with E-state index in [-0.39, 0.29) is 5.91 Å². The number of nitrogens with zero attached hydrogens (tertiary/aromatic N) is 1. The number of pyridine rings is 1. The molecule has 1 amide bonds. The van der Waals surface area contributed by atoms with Gasteiger partial charge in [0.2, 0.25) is 0 Å². The topological polar surface area (TPSA) is 68.0 Å². The molecule has 3 N–H and O–H groups in total. The largest absolute Gasteiger partial charge is 0.326 e. The van der Waals surface area contributed by atoms with E-state index in [2.05, 4.69) is 10.3 Å². The van der Waals surface area contributed by atoms with Gasteiger partial charge in [-0.1, -0.05) is 18.2 Å². The van der Waals surface area contributed by atoms with Crippen LogP contribution in [0.15, 0.2) is 42.5 Å². The van der Waals surface area contributed by atoms with Gasteiger partial charge in [-0.2, -0.15) is 0 Å². The normalized spacial score (nSPS) is 10.1. The number of benzene rings is 1. The first-order chi connectivity index (χ1) is 8.69. The van der Waals surface area contributed by atoms with Crippen molar-refractivity contribution in [2.45, 2.75) is 13.5 Å². The summed E-state index contributed by atoms with van der Waals surface area (Å²) in [5, 5.41) is 2.76. The second-order valence-electron chi connectivity index (χ2n) is 4.02. The van der Waals surface area contributed by atoms with E-state index in [4.69, 9.17) is 5.73 Å². The van der Waals surface area contributed by atoms with E-state index in [1.807, 2.05) is 31.2 Å². The average Bonchev–Trinajstić information content (AvgIpc) is 2.39. The van der Waals surface area contributed by atoms with E-state index in [0.717, 1.165) is 11.3 Å².